The average Bonchev–Trinajstić information content (AvgIpc) is 3.50. The zero-order valence-corrected chi connectivity index (χ0v) is 12.6. The maximum absolute atomic E-state index is 7.24. The molecule has 0 unspecified atom stereocenters. The molecule has 2 saturated carbocycles. The van der Waals surface area contributed by atoms with E-state index in [0.717, 1.165) is 28.1 Å². The van der Waals surface area contributed by atoms with Gasteiger partial charge >= 0.3 is 0 Å². The van der Waals surface area contributed by atoms with E-state index < -0.39 is 0 Å². The second-order valence-electron chi connectivity index (χ2n) is 6.46. The van der Waals surface area contributed by atoms with Gasteiger partial charge < -0.3 is 4.57 Å². The Kier molecular flexibility index (Phi) is 2.57. The number of imidazole rings is 1. The summed E-state index contributed by atoms with van der Waals surface area (Å²) in [6, 6.07) is 8.37. The summed E-state index contributed by atoms with van der Waals surface area (Å²) >= 11 is 0. The first-order chi connectivity index (χ1) is 11.3. The van der Waals surface area contributed by atoms with Gasteiger partial charge in [-0.1, -0.05) is 6.07 Å². The summed E-state index contributed by atoms with van der Waals surface area (Å²) in [4.78, 5) is 8.39. The van der Waals surface area contributed by atoms with Crippen LogP contribution >= 0.6 is 0 Å². The van der Waals surface area contributed by atoms with Crippen LogP contribution in [0.4, 0.5) is 5.69 Å². The van der Waals surface area contributed by atoms with Crippen molar-refractivity contribution in [1.29, 1.82) is 0 Å². The highest BCUT2D eigenvalue weighted by atomic mass is 15.1. The molecule has 5 rings (SSSR count). The van der Waals surface area contributed by atoms with E-state index in [1.54, 1.807) is 0 Å². The predicted molar refractivity (Wildman–Crippen MR) is 87.3 cm³/mol. The van der Waals surface area contributed by atoms with E-state index in [2.05, 4.69) is 25.7 Å². The van der Waals surface area contributed by atoms with Crippen LogP contribution in [-0.4, -0.2) is 19.7 Å². The Bertz CT molecular complexity index is 957. The first-order valence-corrected chi connectivity index (χ1v) is 8.06. The standard InChI is InChI=1S/C18H15N5/c1-19-13-4-7-15-17(9-13)23(14-5-6-14)18(21-15)12-8-16(11-2-3-11)22-20-10-12/h4,7-11,14H,2-3,5-6H2. The third-order valence-electron chi connectivity index (χ3n) is 4.64. The van der Waals surface area contributed by atoms with Crippen molar-refractivity contribution in [3.05, 3.63) is 47.6 Å². The Labute approximate surface area is 133 Å². The lowest BCUT2D eigenvalue weighted by atomic mass is 10.2. The molecular weight excluding hydrogens is 286 g/mol. The lowest BCUT2D eigenvalue weighted by molar-refractivity contribution is 0.773. The molecule has 2 aliphatic rings. The van der Waals surface area contributed by atoms with Gasteiger partial charge in [-0.3, -0.25) is 0 Å². The Morgan fingerprint density at radius 1 is 1.13 bits per heavy atom. The molecule has 5 nitrogen and oxygen atoms in total. The molecular formula is C18H15N5. The van der Waals surface area contributed by atoms with Crippen molar-refractivity contribution >= 4 is 16.7 Å². The summed E-state index contributed by atoms with van der Waals surface area (Å²) in [6.45, 7) is 7.24. The van der Waals surface area contributed by atoms with Crippen LogP contribution in [0.5, 0.6) is 0 Å². The van der Waals surface area contributed by atoms with Gasteiger partial charge in [0.25, 0.3) is 0 Å². The maximum Gasteiger partial charge on any atom is 0.189 e. The van der Waals surface area contributed by atoms with Crippen molar-refractivity contribution < 1.29 is 0 Å². The molecule has 1 aromatic carbocycles. The average molecular weight is 301 g/mol. The molecule has 2 fully saturated rings. The van der Waals surface area contributed by atoms with Crippen molar-refractivity contribution in [3.8, 4) is 11.4 Å². The lowest BCUT2D eigenvalue weighted by Gasteiger charge is -2.08. The zero-order valence-electron chi connectivity index (χ0n) is 12.6. The van der Waals surface area contributed by atoms with Crippen LogP contribution in [0.3, 0.4) is 0 Å². The van der Waals surface area contributed by atoms with E-state index in [1.807, 2.05) is 24.4 Å². The van der Waals surface area contributed by atoms with Gasteiger partial charge in [-0.15, -0.1) is 0 Å². The minimum atomic E-state index is 0.494. The second-order valence-corrected chi connectivity index (χ2v) is 6.46. The third kappa shape index (κ3) is 2.10. The van der Waals surface area contributed by atoms with Crippen molar-refractivity contribution in [2.24, 2.45) is 0 Å². The molecule has 23 heavy (non-hydrogen) atoms. The Balaban J connectivity index is 1.73. The zero-order chi connectivity index (χ0) is 15.4. The van der Waals surface area contributed by atoms with Crippen LogP contribution in [0.2, 0.25) is 0 Å². The maximum atomic E-state index is 7.24. The summed E-state index contributed by atoms with van der Waals surface area (Å²) in [5.74, 6) is 1.54. The van der Waals surface area contributed by atoms with Crippen LogP contribution in [0, 0.1) is 6.57 Å². The fourth-order valence-corrected chi connectivity index (χ4v) is 3.14. The topological polar surface area (TPSA) is 48.0 Å². The highest BCUT2D eigenvalue weighted by molar-refractivity contribution is 5.84. The van der Waals surface area contributed by atoms with Crippen LogP contribution < -0.4 is 0 Å². The third-order valence-corrected chi connectivity index (χ3v) is 4.64. The molecule has 112 valence electrons. The van der Waals surface area contributed by atoms with Crippen LogP contribution in [0.1, 0.15) is 43.3 Å². The number of hydrogen-bond donors (Lipinski definition) is 0. The van der Waals surface area contributed by atoms with Crippen LogP contribution in [0.15, 0.2) is 30.5 Å². The number of nitrogens with zero attached hydrogens (tertiary/aromatic N) is 5. The predicted octanol–water partition coefficient (Wildman–Crippen LogP) is 4.26. The Morgan fingerprint density at radius 3 is 2.74 bits per heavy atom. The summed E-state index contributed by atoms with van der Waals surface area (Å²) < 4.78 is 2.29. The number of aromatic nitrogens is 4. The lowest BCUT2D eigenvalue weighted by Crippen LogP contribution is -1.99. The summed E-state index contributed by atoms with van der Waals surface area (Å²) in [5, 5.41) is 8.47. The van der Waals surface area contributed by atoms with Gasteiger partial charge in [0.1, 0.15) is 5.82 Å². The van der Waals surface area contributed by atoms with Gasteiger partial charge in [-0.2, -0.15) is 10.2 Å². The van der Waals surface area contributed by atoms with Gasteiger partial charge in [0.05, 0.1) is 29.5 Å². The molecule has 5 heteroatoms. The van der Waals surface area contributed by atoms with Crippen LogP contribution in [-0.2, 0) is 0 Å². The van der Waals surface area contributed by atoms with Gasteiger partial charge in [0, 0.05) is 17.5 Å². The SMILES string of the molecule is [C-]#[N+]c1ccc2nc(-c3cnnc(C4CC4)c3)n(C3CC3)c2c1. The number of rotatable bonds is 3. The monoisotopic (exact) mass is 301 g/mol. The van der Waals surface area contributed by atoms with E-state index in [4.69, 9.17) is 11.6 Å². The van der Waals surface area contributed by atoms with Crippen molar-refractivity contribution in [3.63, 3.8) is 0 Å². The molecule has 0 amide bonds. The molecule has 0 bridgehead atoms. The first-order valence-electron chi connectivity index (χ1n) is 8.06. The minimum Gasteiger partial charge on any atom is -0.322 e. The highest BCUT2D eigenvalue weighted by Gasteiger charge is 2.30. The molecule has 0 radical (unpaired) electrons. The van der Waals surface area contributed by atoms with Gasteiger partial charge in [-0.05, 0) is 43.9 Å². The smallest absolute Gasteiger partial charge is 0.189 e. The quantitative estimate of drug-likeness (QED) is 0.679. The fraction of sp³-hybridized carbons (Fsp3) is 0.333. The Morgan fingerprint density at radius 2 is 2.00 bits per heavy atom. The molecule has 0 N–H and O–H groups in total. The molecule has 3 aromatic rings. The number of benzene rings is 1. The molecule has 0 aliphatic heterocycles. The van der Waals surface area contributed by atoms with E-state index in [1.165, 1.54) is 25.7 Å². The van der Waals surface area contributed by atoms with Crippen LogP contribution in [0.25, 0.3) is 27.3 Å². The molecule has 0 atom stereocenters. The molecule has 2 aliphatic carbocycles. The van der Waals surface area contributed by atoms with Crippen molar-refractivity contribution in [2.45, 2.75) is 37.6 Å². The van der Waals surface area contributed by atoms with Crippen molar-refractivity contribution in [1.82, 2.24) is 19.7 Å². The molecule has 2 aromatic heterocycles. The summed E-state index contributed by atoms with van der Waals surface area (Å²) in [7, 11) is 0. The van der Waals surface area contributed by atoms with E-state index in [9.17, 15) is 0 Å². The number of fused-ring (bicyclic) bond motifs is 1. The largest absolute Gasteiger partial charge is 0.322 e. The fourth-order valence-electron chi connectivity index (χ4n) is 3.14. The molecule has 0 saturated heterocycles. The van der Waals surface area contributed by atoms with E-state index in [0.29, 0.717) is 17.6 Å². The minimum absolute atomic E-state index is 0.494. The van der Waals surface area contributed by atoms with E-state index in [-0.39, 0.29) is 0 Å². The van der Waals surface area contributed by atoms with Gasteiger partial charge in [-0.25, -0.2) is 9.83 Å². The Hall–Kier alpha value is -2.74. The molecule has 0 spiro atoms. The first kappa shape index (κ1) is 12.8. The summed E-state index contributed by atoms with van der Waals surface area (Å²) in [5.41, 5.74) is 4.79. The van der Waals surface area contributed by atoms with Gasteiger partial charge in [0.15, 0.2) is 5.69 Å². The highest BCUT2D eigenvalue weighted by Crippen LogP contribution is 2.43. The summed E-state index contributed by atoms with van der Waals surface area (Å²) in [6.07, 6.45) is 6.59. The second kappa shape index (κ2) is 4.63. The van der Waals surface area contributed by atoms with Gasteiger partial charge in [0.2, 0.25) is 0 Å². The van der Waals surface area contributed by atoms with E-state index >= 15 is 0 Å². The molecule has 2 heterocycles. The van der Waals surface area contributed by atoms with Crippen molar-refractivity contribution in [2.75, 3.05) is 0 Å². The normalized spacial score (nSPS) is 17.3. The number of hydrogen-bond acceptors (Lipinski definition) is 3.